The minimum absolute atomic E-state index is 0.0416. The third-order valence-corrected chi connectivity index (χ3v) is 2.03. The molecular weight excluding hydrogens is 188 g/mol. The second-order valence-electron chi connectivity index (χ2n) is 3.12. The van der Waals surface area contributed by atoms with Gasteiger partial charge in [0.2, 0.25) is 5.91 Å². The maximum absolute atomic E-state index is 11.3. The van der Waals surface area contributed by atoms with E-state index in [2.05, 4.69) is 16.1 Å². The number of nitrogens with two attached hydrogens (primary N) is 1. The van der Waals surface area contributed by atoms with Gasteiger partial charge in [0.05, 0.1) is 0 Å². The van der Waals surface area contributed by atoms with Gasteiger partial charge in [0.1, 0.15) is 6.04 Å². The highest BCUT2D eigenvalue weighted by Gasteiger charge is 2.25. The average molecular weight is 202 g/mol. The quantitative estimate of drug-likeness (QED) is 0.268. The lowest BCUT2D eigenvalue weighted by Crippen LogP contribution is -2.50. The van der Waals surface area contributed by atoms with Gasteiger partial charge in [-0.15, -0.1) is 0 Å². The van der Waals surface area contributed by atoms with Gasteiger partial charge in [-0.3, -0.25) is 4.79 Å². The summed E-state index contributed by atoms with van der Waals surface area (Å²) in [6.07, 6.45) is 2.16. The predicted octanol–water partition coefficient (Wildman–Crippen LogP) is -1.01. The molecule has 5 N–H and O–H groups in total. The van der Waals surface area contributed by atoms with Crippen molar-refractivity contribution >= 4 is 23.2 Å². The van der Waals surface area contributed by atoms with E-state index >= 15 is 0 Å². The normalized spacial score (nSPS) is 17.4. The fourth-order valence-electron chi connectivity index (χ4n) is 0.858. The molecule has 5 nitrogen and oxygen atoms in total. The highest BCUT2D eigenvalue weighted by Crippen LogP contribution is 2.18. The number of rotatable bonds is 3. The van der Waals surface area contributed by atoms with Crippen LogP contribution in [-0.4, -0.2) is 23.1 Å². The summed E-state index contributed by atoms with van der Waals surface area (Å²) in [6, 6.07) is 0.0281. The number of hydrogen-bond donors (Lipinski definition) is 4. The first-order valence-electron chi connectivity index (χ1n) is 4.21. The van der Waals surface area contributed by atoms with E-state index in [0.29, 0.717) is 6.04 Å². The van der Waals surface area contributed by atoms with Crippen LogP contribution in [0.4, 0.5) is 0 Å². The first-order valence-corrected chi connectivity index (χ1v) is 4.62. The highest BCUT2D eigenvalue weighted by molar-refractivity contribution is 7.80. The van der Waals surface area contributed by atoms with Gasteiger partial charge in [-0.05, 0) is 32.0 Å². The second kappa shape index (κ2) is 4.38. The molecule has 1 aliphatic carbocycles. The van der Waals surface area contributed by atoms with Crippen molar-refractivity contribution in [1.82, 2.24) is 16.1 Å². The maximum Gasteiger partial charge on any atom is 0.242 e. The van der Waals surface area contributed by atoms with Gasteiger partial charge in [-0.2, -0.15) is 0 Å². The smallest absolute Gasteiger partial charge is 0.242 e. The fourth-order valence-corrected chi connectivity index (χ4v) is 1.03. The molecule has 0 bridgehead atoms. The first-order chi connectivity index (χ1) is 6.13. The molecular formula is C7H14N4OS. The summed E-state index contributed by atoms with van der Waals surface area (Å²) in [6.45, 7) is 1.74. The van der Waals surface area contributed by atoms with Gasteiger partial charge in [-0.25, -0.2) is 5.84 Å². The molecule has 1 saturated carbocycles. The third kappa shape index (κ3) is 3.56. The van der Waals surface area contributed by atoms with Crippen LogP contribution in [-0.2, 0) is 4.79 Å². The molecule has 0 aromatic carbocycles. The van der Waals surface area contributed by atoms with Crippen LogP contribution in [0.3, 0.4) is 0 Å². The van der Waals surface area contributed by atoms with Gasteiger partial charge in [0.25, 0.3) is 0 Å². The minimum atomic E-state index is -0.343. The van der Waals surface area contributed by atoms with E-state index < -0.39 is 0 Å². The van der Waals surface area contributed by atoms with Crippen molar-refractivity contribution in [3.8, 4) is 0 Å². The lowest BCUT2D eigenvalue weighted by molar-refractivity contribution is -0.122. The molecule has 74 valence electrons. The molecule has 1 unspecified atom stereocenters. The van der Waals surface area contributed by atoms with Crippen molar-refractivity contribution in [3.05, 3.63) is 0 Å². The van der Waals surface area contributed by atoms with Gasteiger partial charge in [0.15, 0.2) is 5.11 Å². The monoisotopic (exact) mass is 202 g/mol. The van der Waals surface area contributed by atoms with Crippen LogP contribution in [0.15, 0.2) is 0 Å². The molecule has 1 aliphatic rings. The predicted molar refractivity (Wildman–Crippen MR) is 53.7 cm³/mol. The Morgan fingerprint density at radius 3 is 2.69 bits per heavy atom. The molecule has 0 radical (unpaired) electrons. The summed E-state index contributed by atoms with van der Waals surface area (Å²) in [4.78, 5) is 11.3. The zero-order valence-corrected chi connectivity index (χ0v) is 8.28. The number of nitrogens with one attached hydrogen (secondary N) is 3. The zero-order chi connectivity index (χ0) is 9.84. The van der Waals surface area contributed by atoms with Gasteiger partial charge in [-0.1, -0.05) is 0 Å². The van der Waals surface area contributed by atoms with Crippen LogP contribution >= 0.6 is 12.2 Å². The van der Waals surface area contributed by atoms with Crippen molar-refractivity contribution in [2.45, 2.75) is 31.8 Å². The molecule has 1 amide bonds. The minimum Gasteiger partial charge on any atom is -0.352 e. The van der Waals surface area contributed by atoms with Crippen molar-refractivity contribution in [2.75, 3.05) is 0 Å². The van der Waals surface area contributed by atoms with Crippen molar-refractivity contribution in [2.24, 2.45) is 5.84 Å². The van der Waals surface area contributed by atoms with E-state index in [0.717, 1.165) is 12.8 Å². The van der Waals surface area contributed by atoms with E-state index in [1.54, 1.807) is 6.92 Å². The largest absolute Gasteiger partial charge is 0.352 e. The molecule has 1 atom stereocenters. The Labute approximate surface area is 82.4 Å². The fraction of sp³-hybridized carbons (Fsp3) is 0.714. The molecule has 0 heterocycles. The van der Waals surface area contributed by atoms with Gasteiger partial charge >= 0.3 is 0 Å². The van der Waals surface area contributed by atoms with E-state index in [9.17, 15) is 4.79 Å². The molecule has 1 fully saturated rings. The average Bonchev–Trinajstić information content (AvgIpc) is 2.87. The maximum atomic E-state index is 11.3. The first kappa shape index (κ1) is 10.2. The Bertz CT molecular complexity index is 217. The molecule has 0 aromatic heterocycles. The van der Waals surface area contributed by atoms with E-state index in [4.69, 9.17) is 18.1 Å². The van der Waals surface area contributed by atoms with Crippen LogP contribution in [0.2, 0.25) is 0 Å². The van der Waals surface area contributed by atoms with Crippen LogP contribution in [0, 0.1) is 0 Å². The van der Waals surface area contributed by atoms with Crippen LogP contribution < -0.4 is 21.9 Å². The van der Waals surface area contributed by atoms with Crippen molar-refractivity contribution in [3.63, 3.8) is 0 Å². The lowest BCUT2D eigenvalue weighted by Gasteiger charge is -2.14. The van der Waals surface area contributed by atoms with Crippen molar-refractivity contribution in [1.29, 1.82) is 0 Å². The molecule has 1 rings (SSSR count). The molecule has 0 aliphatic heterocycles. The third-order valence-electron chi connectivity index (χ3n) is 1.80. The topological polar surface area (TPSA) is 79.2 Å². The highest BCUT2D eigenvalue weighted by atomic mass is 32.1. The van der Waals surface area contributed by atoms with Gasteiger partial charge in [0, 0.05) is 6.04 Å². The number of hydrazine groups is 1. The summed E-state index contributed by atoms with van der Waals surface area (Å²) in [5, 5.41) is 5.88. The Kier molecular flexibility index (Phi) is 3.44. The SMILES string of the molecule is CC(NC(=S)NN)C(=O)NC1CC1. The van der Waals surface area contributed by atoms with E-state index in [1.165, 1.54) is 0 Å². The summed E-state index contributed by atoms with van der Waals surface area (Å²) in [5.74, 6) is 5.01. The number of hydrogen-bond acceptors (Lipinski definition) is 3. The Hall–Kier alpha value is -0.880. The molecule has 0 spiro atoms. The van der Waals surface area contributed by atoms with E-state index in [1.807, 2.05) is 0 Å². The Morgan fingerprint density at radius 2 is 2.23 bits per heavy atom. The van der Waals surface area contributed by atoms with Crippen molar-refractivity contribution < 1.29 is 4.79 Å². The summed E-state index contributed by atoms with van der Waals surface area (Å²) in [5.41, 5.74) is 2.26. The number of carbonyl (C=O) groups is 1. The van der Waals surface area contributed by atoms with Crippen LogP contribution in [0.25, 0.3) is 0 Å². The standard InChI is InChI=1S/C7H14N4OS/c1-4(9-7(13)11-8)6(12)10-5-2-3-5/h4-5H,2-3,8H2,1H3,(H,10,12)(H2,9,11,13). The summed E-state index contributed by atoms with van der Waals surface area (Å²) < 4.78 is 0. The number of thiocarbonyl (C=S) groups is 1. The molecule has 0 saturated heterocycles. The van der Waals surface area contributed by atoms with Gasteiger partial charge < -0.3 is 16.1 Å². The Morgan fingerprint density at radius 1 is 1.62 bits per heavy atom. The van der Waals surface area contributed by atoms with E-state index in [-0.39, 0.29) is 17.1 Å². The number of amides is 1. The summed E-state index contributed by atoms with van der Waals surface area (Å²) >= 11 is 4.75. The Balaban J connectivity index is 2.23. The second-order valence-corrected chi connectivity index (χ2v) is 3.53. The van der Waals surface area contributed by atoms with Crippen LogP contribution in [0.1, 0.15) is 19.8 Å². The molecule has 0 aromatic rings. The molecule has 13 heavy (non-hydrogen) atoms. The summed E-state index contributed by atoms with van der Waals surface area (Å²) in [7, 11) is 0. The lowest BCUT2D eigenvalue weighted by atomic mass is 10.3. The molecule has 6 heteroatoms. The number of carbonyl (C=O) groups excluding carboxylic acids is 1. The van der Waals surface area contributed by atoms with Crippen LogP contribution in [0.5, 0.6) is 0 Å². The zero-order valence-electron chi connectivity index (χ0n) is 7.46.